The van der Waals surface area contributed by atoms with Crippen molar-refractivity contribution >= 4 is 39.2 Å². The zero-order valence-electron chi connectivity index (χ0n) is 17.6. The van der Waals surface area contributed by atoms with Crippen molar-refractivity contribution in [3.8, 4) is 0 Å². The predicted molar refractivity (Wildman–Crippen MR) is 119 cm³/mol. The third kappa shape index (κ3) is 4.15. The van der Waals surface area contributed by atoms with Gasteiger partial charge in [-0.05, 0) is 53.0 Å². The smallest absolute Gasteiger partial charge is 0.263 e. The van der Waals surface area contributed by atoms with Gasteiger partial charge in [0.05, 0.1) is 11.1 Å². The van der Waals surface area contributed by atoms with Crippen molar-refractivity contribution in [1.82, 2.24) is 14.5 Å². The van der Waals surface area contributed by atoms with Gasteiger partial charge in [0.1, 0.15) is 4.83 Å². The first-order valence-electron chi connectivity index (χ1n) is 10.3. The van der Waals surface area contributed by atoms with Gasteiger partial charge in [-0.1, -0.05) is 31.0 Å². The number of aromatic nitrogens is 2. The number of thioether (sulfide) groups is 1. The highest BCUT2D eigenvalue weighted by Crippen LogP contribution is 2.30. The van der Waals surface area contributed by atoms with E-state index in [9.17, 15) is 9.59 Å². The molecule has 0 aliphatic heterocycles. The molecule has 0 radical (unpaired) electrons. The lowest BCUT2D eigenvalue weighted by Gasteiger charge is -2.33. The van der Waals surface area contributed by atoms with Gasteiger partial charge in [0, 0.05) is 23.5 Å². The van der Waals surface area contributed by atoms with Crippen LogP contribution in [-0.2, 0) is 4.79 Å². The summed E-state index contributed by atoms with van der Waals surface area (Å²) in [5.41, 5.74) is 1.03. The number of thiophene rings is 1. The molecule has 3 rings (SSSR count). The topological polar surface area (TPSA) is 55.2 Å². The van der Waals surface area contributed by atoms with Crippen molar-refractivity contribution in [1.29, 1.82) is 0 Å². The third-order valence-corrected chi connectivity index (χ3v) is 7.76. The summed E-state index contributed by atoms with van der Waals surface area (Å²) >= 11 is 2.96. The lowest BCUT2D eigenvalue weighted by molar-refractivity contribution is -0.131. The number of nitrogens with zero attached hydrogens (tertiary/aromatic N) is 3. The molecule has 0 N–H and O–H groups in total. The molecule has 154 valence electrons. The molecule has 0 atom stereocenters. The summed E-state index contributed by atoms with van der Waals surface area (Å²) in [6, 6.07) is 0.374. The fourth-order valence-electron chi connectivity index (χ4n) is 4.08. The van der Waals surface area contributed by atoms with Crippen LogP contribution in [0.4, 0.5) is 0 Å². The third-order valence-electron chi connectivity index (χ3n) is 5.72. The molecule has 1 aliphatic carbocycles. The van der Waals surface area contributed by atoms with Crippen LogP contribution < -0.4 is 5.56 Å². The van der Waals surface area contributed by atoms with Crippen LogP contribution >= 0.6 is 23.1 Å². The van der Waals surface area contributed by atoms with Crippen molar-refractivity contribution in [3.05, 3.63) is 20.8 Å². The van der Waals surface area contributed by atoms with Gasteiger partial charge in [0.2, 0.25) is 5.91 Å². The summed E-state index contributed by atoms with van der Waals surface area (Å²) in [6.07, 6.45) is 5.92. The average Bonchev–Trinajstić information content (AvgIpc) is 2.95. The van der Waals surface area contributed by atoms with E-state index < -0.39 is 0 Å². The minimum Gasteiger partial charge on any atom is -0.339 e. The van der Waals surface area contributed by atoms with Crippen LogP contribution in [0, 0.1) is 13.8 Å². The summed E-state index contributed by atoms with van der Waals surface area (Å²) in [5.74, 6) is 0.487. The molecule has 5 nitrogen and oxygen atoms in total. The van der Waals surface area contributed by atoms with Gasteiger partial charge < -0.3 is 4.90 Å². The molecule has 2 aromatic rings. The minimum atomic E-state index is 0.00207. The zero-order chi connectivity index (χ0) is 20.4. The molecule has 1 saturated carbocycles. The summed E-state index contributed by atoms with van der Waals surface area (Å²) in [4.78, 5) is 34.8. The Balaban J connectivity index is 1.86. The molecule has 1 aliphatic rings. The number of hydrogen-bond donors (Lipinski definition) is 0. The first-order chi connectivity index (χ1) is 13.3. The van der Waals surface area contributed by atoms with Gasteiger partial charge in [-0.2, -0.15) is 0 Å². The van der Waals surface area contributed by atoms with E-state index in [1.807, 2.05) is 32.6 Å². The van der Waals surface area contributed by atoms with Gasteiger partial charge in [-0.25, -0.2) is 4.98 Å². The summed E-state index contributed by atoms with van der Waals surface area (Å²) in [7, 11) is 0. The van der Waals surface area contributed by atoms with E-state index in [0.717, 1.165) is 40.0 Å². The molecule has 7 heteroatoms. The number of hydrogen-bond acceptors (Lipinski definition) is 5. The van der Waals surface area contributed by atoms with E-state index in [1.165, 1.54) is 31.0 Å². The Labute approximate surface area is 175 Å². The van der Waals surface area contributed by atoms with E-state index in [0.29, 0.717) is 17.0 Å². The fourth-order valence-corrected chi connectivity index (χ4v) is 6.17. The van der Waals surface area contributed by atoms with E-state index >= 15 is 0 Å². The average molecular weight is 422 g/mol. The Morgan fingerprint density at radius 1 is 1.29 bits per heavy atom. The second-order valence-electron chi connectivity index (χ2n) is 7.89. The largest absolute Gasteiger partial charge is 0.339 e. The maximum Gasteiger partial charge on any atom is 0.263 e. The Kier molecular flexibility index (Phi) is 6.86. The molecular weight excluding hydrogens is 390 g/mol. The fraction of sp³-hybridized carbons (Fsp3) is 0.667. The Bertz CT molecular complexity index is 910. The molecule has 0 unspecified atom stereocenters. The predicted octanol–water partition coefficient (Wildman–Crippen LogP) is 4.93. The SMILES string of the molecule is CCN(C(=O)CSc1nc2sc(C)c(C)c2c(=O)n1C(C)C)C1CCCCC1. The molecule has 2 heterocycles. The number of aryl methyl sites for hydroxylation is 2. The van der Waals surface area contributed by atoms with Crippen LogP contribution in [0.25, 0.3) is 10.2 Å². The summed E-state index contributed by atoms with van der Waals surface area (Å²) in [5, 5.41) is 1.38. The monoisotopic (exact) mass is 421 g/mol. The molecule has 1 fully saturated rings. The van der Waals surface area contributed by atoms with Gasteiger partial charge in [0.15, 0.2) is 5.16 Å². The number of amides is 1. The number of carbonyl (C=O) groups is 1. The van der Waals surface area contributed by atoms with Gasteiger partial charge in [0.25, 0.3) is 5.56 Å². The first kappa shape index (κ1) is 21.4. The van der Waals surface area contributed by atoms with Crippen LogP contribution in [0.2, 0.25) is 0 Å². The van der Waals surface area contributed by atoms with Gasteiger partial charge in [-0.3, -0.25) is 14.2 Å². The van der Waals surface area contributed by atoms with E-state index in [4.69, 9.17) is 4.98 Å². The van der Waals surface area contributed by atoms with Gasteiger partial charge in [-0.15, -0.1) is 11.3 Å². The molecule has 0 aromatic carbocycles. The Morgan fingerprint density at radius 2 is 1.96 bits per heavy atom. The maximum absolute atomic E-state index is 13.1. The van der Waals surface area contributed by atoms with E-state index in [-0.39, 0.29) is 17.5 Å². The molecule has 0 spiro atoms. The second-order valence-corrected chi connectivity index (χ2v) is 10.0. The highest BCUT2D eigenvalue weighted by molar-refractivity contribution is 7.99. The molecule has 2 aromatic heterocycles. The van der Waals surface area contributed by atoms with Crippen LogP contribution in [0.3, 0.4) is 0 Å². The normalized spacial score (nSPS) is 15.5. The van der Waals surface area contributed by atoms with Crippen LogP contribution in [-0.4, -0.2) is 38.7 Å². The summed E-state index contributed by atoms with van der Waals surface area (Å²) in [6.45, 7) is 10.8. The molecule has 0 bridgehead atoms. The quantitative estimate of drug-likeness (QED) is 0.490. The van der Waals surface area contributed by atoms with Crippen molar-refractivity contribution in [2.24, 2.45) is 0 Å². The van der Waals surface area contributed by atoms with Crippen LogP contribution in [0.1, 0.15) is 69.4 Å². The van der Waals surface area contributed by atoms with E-state index in [2.05, 4.69) is 6.92 Å². The Hall–Kier alpha value is -1.34. The molecule has 28 heavy (non-hydrogen) atoms. The van der Waals surface area contributed by atoms with Crippen molar-refractivity contribution in [2.45, 2.75) is 84.0 Å². The lowest BCUT2D eigenvalue weighted by atomic mass is 9.94. The number of rotatable bonds is 6. The number of fused-ring (bicyclic) bond motifs is 1. The number of carbonyl (C=O) groups excluding carboxylic acids is 1. The zero-order valence-corrected chi connectivity index (χ0v) is 19.2. The highest BCUT2D eigenvalue weighted by Gasteiger charge is 2.25. The van der Waals surface area contributed by atoms with Crippen LogP contribution in [0.15, 0.2) is 9.95 Å². The lowest BCUT2D eigenvalue weighted by Crippen LogP contribution is -2.42. The van der Waals surface area contributed by atoms with Crippen molar-refractivity contribution < 1.29 is 4.79 Å². The highest BCUT2D eigenvalue weighted by atomic mass is 32.2. The molecular formula is C21H31N3O2S2. The first-order valence-corrected chi connectivity index (χ1v) is 12.1. The van der Waals surface area contributed by atoms with Gasteiger partial charge >= 0.3 is 0 Å². The maximum atomic E-state index is 13.1. The van der Waals surface area contributed by atoms with Crippen molar-refractivity contribution in [2.75, 3.05) is 12.3 Å². The van der Waals surface area contributed by atoms with Crippen molar-refractivity contribution in [3.63, 3.8) is 0 Å². The molecule has 0 saturated heterocycles. The standard InChI is InChI=1S/C21H31N3O2S2/c1-6-23(16-10-8-7-9-11-16)17(25)12-27-21-22-19-18(14(4)15(5)28-19)20(26)24(21)13(2)3/h13,16H,6-12H2,1-5H3. The van der Waals surface area contributed by atoms with Crippen LogP contribution in [0.5, 0.6) is 0 Å². The second kappa shape index (κ2) is 8.99. The Morgan fingerprint density at radius 3 is 2.57 bits per heavy atom. The van der Waals surface area contributed by atoms with E-state index in [1.54, 1.807) is 15.9 Å². The summed E-state index contributed by atoms with van der Waals surface area (Å²) < 4.78 is 1.75. The minimum absolute atomic E-state index is 0.00207. The molecule has 1 amide bonds.